The second-order valence-corrected chi connectivity index (χ2v) is 8.97. The van der Waals surface area contributed by atoms with Crippen molar-refractivity contribution in [3.05, 3.63) is 64.4 Å². The summed E-state index contributed by atoms with van der Waals surface area (Å²) in [7, 11) is 3.20. The number of fused-ring (bicyclic) bond motifs is 1. The molecule has 0 bridgehead atoms. The monoisotopic (exact) mass is 484 g/mol. The summed E-state index contributed by atoms with van der Waals surface area (Å²) in [6.45, 7) is 0.524. The highest BCUT2D eigenvalue weighted by atomic mass is 35.5. The largest absolute Gasteiger partial charge is 0.493 e. The molecule has 4 rings (SSSR count). The summed E-state index contributed by atoms with van der Waals surface area (Å²) in [5, 5.41) is 6.69. The Morgan fingerprint density at radius 3 is 2.65 bits per heavy atom. The standard InChI is InChI=1S/C26H29ClN2O5/c1-32-22-9-5-17(13-23(22)33-2)11-12-28-25(30)18-6-10-21-20(15-18)29-26(31)24(34-21)14-16-3-7-19(27)8-4-16/h3-5,7-9,13-14,18,20-21H,6,10-12,15H2,1-2H3,(H,28,30)(H,29,31)/b24-14+. The van der Waals surface area contributed by atoms with Crippen LogP contribution in [0, 0.1) is 5.92 Å². The van der Waals surface area contributed by atoms with Crippen LogP contribution in [0.5, 0.6) is 11.5 Å². The molecule has 1 aliphatic heterocycles. The minimum absolute atomic E-state index is 0.00989. The third-order valence-electron chi connectivity index (χ3n) is 6.30. The molecule has 2 aromatic carbocycles. The van der Waals surface area contributed by atoms with Crippen LogP contribution in [0.3, 0.4) is 0 Å². The summed E-state index contributed by atoms with van der Waals surface area (Å²) in [5.74, 6) is 1.23. The smallest absolute Gasteiger partial charge is 0.286 e. The predicted octanol–water partition coefficient (Wildman–Crippen LogP) is 3.74. The maximum Gasteiger partial charge on any atom is 0.286 e. The number of nitrogens with one attached hydrogen (secondary N) is 2. The van der Waals surface area contributed by atoms with E-state index >= 15 is 0 Å². The van der Waals surface area contributed by atoms with Gasteiger partial charge in [0.05, 0.1) is 20.3 Å². The van der Waals surface area contributed by atoms with Gasteiger partial charge in [-0.3, -0.25) is 9.59 Å². The number of carbonyl (C=O) groups excluding carboxylic acids is 2. The lowest BCUT2D eigenvalue weighted by atomic mass is 9.82. The first-order chi connectivity index (χ1) is 16.5. The van der Waals surface area contributed by atoms with E-state index in [0.717, 1.165) is 11.1 Å². The first-order valence-corrected chi connectivity index (χ1v) is 11.8. The topological polar surface area (TPSA) is 85.9 Å². The second kappa shape index (κ2) is 10.8. The van der Waals surface area contributed by atoms with E-state index in [1.807, 2.05) is 30.3 Å². The van der Waals surface area contributed by atoms with Gasteiger partial charge >= 0.3 is 0 Å². The minimum Gasteiger partial charge on any atom is -0.493 e. The third kappa shape index (κ3) is 5.65. The highest BCUT2D eigenvalue weighted by molar-refractivity contribution is 6.30. The van der Waals surface area contributed by atoms with Crippen molar-refractivity contribution in [3.63, 3.8) is 0 Å². The molecule has 1 saturated carbocycles. The molecule has 180 valence electrons. The van der Waals surface area contributed by atoms with Crippen LogP contribution in [-0.4, -0.2) is 44.7 Å². The molecule has 8 heteroatoms. The van der Waals surface area contributed by atoms with E-state index in [1.54, 1.807) is 32.4 Å². The molecule has 0 radical (unpaired) electrons. The van der Waals surface area contributed by atoms with Gasteiger partial charge in [0.1, 0.15) is 6.10 Å². The maximum atomic E-state index is 12.8. The van der Waals surface area contributed by atoms with Crippen molar-refractivity contribution < 1.29 is 23.8 Å². The van der Waals surface area contributed by atoms with Crippen LogP contribution in [-0.2, 0) is 20.7 Å². The van der Waals surface area contributed by atoms with Crippen LogP contribution in [0.2, 0.25) is 5.02 Å². The average Bonchev–Trinajstić information content (AvgIpc) is 2.85. The fraction of sp³-hybridized carbons (Fsp3) is 0.385. The van der Waals surface area contributed by atoms with Gasteiger partial charge in [-0.2, -0.15) is 0 Å². The Hall–Kier alpha value is -3.19. The number of hydrogen-bond acceptors (Lipinski definition) is 5. The van der Waals surface area contributed by atoms with Gasteiger partial charge in [-0.15, -0.1) is 0 Å². The lowest BCUT2D eigenvalue weighted by Crippen LogP contribution is -2.54. The van der Waals surface area contributed by atoms with Gasteiger partial charge in [0, 0.05) is 17.5 Å². The number of amides is 2. The minimum atomic E-state index is -0.259. The molecule has 2 aromatic rings. The van der Waals surface area contributed by atoms with E-state index < -0.39 is 0 Å². The summed E-state index contributed by atoms with van der Waals surface area (Å²) in [4.78, 5) is 25.3. The molecule has 0 aromatic heterocycles. The van der Waals surface area contributed by atoms with Crippen molar-refractivity contribution in [1.29, 1.82) is 0 Å². The second-order valence-electron chi connectivity index (χ2n) is 8.54. The Kier molecular flexibility index (Phi) is 7.63. The van der Waals surface area contributed by atoms with Crippen LogP contribution < -0.4 is 20.1 Å². The van der Waals surface area contributed by atoms with Crippen molar-refractivity contribution in [2.24, 2.45) is 5.92 Å². The van der Waals surface area contributed by atoms with Crippen LogP contribution in [0.4, 0.5) is 0 Å². The predicted molar refractivity (Wildman–Crippen MR) is 130 cm³/mol. The van der Waals surface area contributed by atoms with Crippen molar-refractivity contribution in [2.45, 2.75) is 37.8 Å². The Morgan fingerprint density at radius 1 is 1.15 bits per heavy atom. The molecule has 2 amide bonds. The number of methoxy groups -OCH3 is 2. The van der Waals surface area contributed by atoms with E-state index in [0.29, 0.717) is 54.5 Å². The van der Waals surface area contributed by atoms with Gasteiger partial charge in [0.15, 0.2) is 17.3 Å². The Balaban J connectivity index is 1.28. The van der Waals surface area contributed by atoms with E-state index in [-0.39, 0.29) is 29.9 Å². The van der Waals surface area contributed by atoms with Gasteiger partial charge in [-0.25, -0.2) is 0 Å². The van der Waals surface area contributed by atoms with E-state index in [1.165, 1.54) is 0 Å². The summed E-state index contributed by atoms with van der Waals surface area (Å²) >= 11 is 5.93. The molecule has 3 atom stereocenters. The quantitative estimate of drug-likeness (QED) is 0.585. The molecule has 34 heavy (non-hydrogen) atoms. The van der Waals surface area contributed by atoms with Crippen LogP contribution in [0.15, 0.2) is 48.2 Å². The normalized spacial score (nSPS) is 22.9. The molecule has 1 heterocycles. The molecule has 2 fully saturated rings. The summed E-state index contributed by atoms with van der Waals surface area (Å²) < 4.78 is 16.6. The SMILES string of the molecule is COc1ccc(CCNC(=O)C2CCC3O/C(=C/c4ccc(Cl)cc4)C(=O)NC3C2)cc1OC. The number of ether oxygens (including phenoxy) is 3. The fourth-order valence-electron chi connectivity index (χ4n) is 4.45. The highest BCUT2D eigenvalue weighted by Gasteiger charge is 2.40. The summed E-state index contributed by atoms with van der Waals surface area (Å²) in [5.41, 5.74) is 1.89. The van der Waals surface area contributed by atoms with Crippen molar-refractivity contribution >= 4 is 29.5 Å². The van der Waals surface area contributed by atoms with E-state index in [4.69, 9.17) is 25.8 Å². The molecule has 1 aliphatic carbocycles. The summed E-state index contributed by atoms with van der Waals surface area (Å²) in [6, 6.07) is 12.8. The number of rotatable bonds is 7. The zero-order valence-electron chi connectivity index (χ0n) is 19.3. The Labute approximate surface area is 204 Å². The molecule has 0 spiro atoms. The maximum absolute atomic E-state index is 12.8. The van der Waals surface area contributed by atoms with Gasteiger partial charge in [-0.1, -0.05) is 29.8 Å². The molecule has 7 nitrogen and oxygen atoms in total. The zero-order chi connectivity index (χ0) is 24.1. The molecular formula is C26H29ClN2O5. The van der Waals surface area contributed by atoms with E-state index in [2.05, 4.69) is 10.6 Å². The van der Waals surface area contributed by atoms with Crippen molar-refractivity contribution in [2.75, 3.05) is 20.8 Å². The summed E-state index contributed by atoms with van der Waals surface area (Å²) in [6.07, 6.45) is 4.25. The fourth-order valence-corrected chi connectivity index (χ4v) is 4.58. The number of hydrogen-bond donors (Lipinski definition) is 2. The molecule has 2 N–H and O–H groups in total. The van der Waals surface area contributed by atoms with Gasteiger partial charge in [0.25, 0.3) is 5.91 Å². The molecule has 2 aliphatic rings. The average molecular weight is 485 g/mol. The van der Waals surface area contributed by atoms with Crippen LogP contribution in [0.25, 0.3) is 6.08 Å². The number of benzene rings is 2. The number of morpholine rings is 1. The first kappa shape index (κ1) is 24.0. The van der Waals surface area contributed by atoms with Gasteiger partial charge in [-0.05, 0) is 67.2 Å². The third-order valence-corrected chi connectivity index (χ3v) is 6.56. The zero-order valence-corrected chi connectivity index (χ0v) is 20.1. The Bertz CT molecular complexity index is 1070. The first-order valence-electron chi connectivity index (χ1n) is 11.4. The van der Waals surface area contributed by atoms with Crippen molar-refractivity contribution in [1.82, 2.24) is 10.6 Å². The molecule has 3 unspecified atom stereocenters. The Morgan fingerprint density at radius 2 is 1.91 bits per heavy atom. The molecule has 1 saturated heterocycles. The molecular weight excluding hydrogens is 456 g/mol. The number of carbonyl (C=O) groups is 2. The van der Waals surface area contributed by atoms with Crippen LogP contribution in [0.1, 0.15) is 30.4 Å². The van der Waals surface area contributed by atoms with Gasteiger partial charge < -0.3 is 24.8 Å². The lowest BCUT2D eigenvalue weighted by Gasteiger charge is -2.39. The highest BCUT2D eigenvalue weighted by Crippen LogP contribution is 2.32. The lowest BCUT2D eigenvalue weighted by molar-refractivity contribution is -0.134. The number of halogens is 1. The van der Waals surface area contributed by atoms with Crippen LogP contribution >= 0.6 is 11.6 Å². The van der Waals surface area contributed by atoms with E-state index in [9.17, 15) is 9.59 Å². The van der Waals surface area contributed by atoms with Gasteiger partial charge in [0.2, 0.25) is 5.91 Å². The van der Waals surface area contributed by atoms with Crippen molar-refractivity contribution in [3.8, 4) is 11.5 Å².